The van der Waals surface area contributed by atoms with Gasteiger partial charge in [0, 0.05) is 5.56 Å². The number of aromatic nitrogens is 4. The lowest BCUT2D eigenvalue weighted by Crippen LogP contribution is -2.26. The molecular weight excluding hydrogens is 415 g/mol. The number of nitrogens with zero attached hydrogens (tertiary/aromatic N) is 5. The van der Waals surface area contributed by atoms with Gasteiger partial charge in [0.15, 0.2) is 17.2 Å². The van der Waals surface area contributed by atoms with Crippen molar-refractivity contribution in [2.24, 2.45) is 0 Å². The molecule has 1 unspecified atom stereocenters. The van der Waals surface area contributed by atoms with E-state index in [2.05, 4.69) is 15.1 Å². The number of halogens is 2. The molecule has 3 heterocycles. The Bertz CT molecular complexity index is 1150. The first-order valence-corrected chi connectivity index (χ1v) is 9.77. The largest absolute Gasteiger partial charge is 0.491 e. The van der Waals surface area contributed by atoms with Gasteiger partial charge >= 0.3 is 6.09 Å². The van der Waals surface area contributed by atoms with Crippen LogP contribution in [0.1, 0.15) is 31.1 Å². The predicted molar refractivity (Wildman–Crippen MR) is 110 cm³/mol. The van der Waals surface area contributed by atoms with Gasteiger partial charge in [-0.25, -0.2) is 23.8 Å². The van der Waals surface area contributed by atoms with Crippen molar-refractivity contribution in [3.8, 4) is 5.75 Å². The van der Waals surface area contributed by atoms with Crippen molar-refractivity contribution in [2.45, 2.75) is 26.8 Å². The summed E-state index contributed by atoms with van der Waals surface area (Å²) in [5.74, 6) is -0.226. The molecule has 2 aromatic heterocycles. The van der Waals surface area contributed by atoms with Crippen LogP contribution >= 0.6 is 11.6 Å². The average Bonchev–Trinajstić information content (AvgIpc) is 3.28. The molecule has 1 aromatic carbocycles. The molecule has 1 amide bonds. The number of amides is 1. The van der Waals surface area contributed by atoms with Gasteiger partial charge < -0.3 is 15.2 Å². The molecule has 1 saturated heterocycles. The molecule has 158 valence electrons. The van der Waals surface area contributed by atoms with Gasteiger partial charge in [-0.1, -0.05) is 11.6 Å². The van der Waals surface area contributed by atoms with Crippen molar-refractivity contribution < 1.29 is 18.7 Å². The second-order valence-corrected chi connectivity index (χ2v) is 7.21. The minimum Gasteiger partial charge on any atom is -0.491 e. The molecule has 1 aliphatic rings. The predicted octanol–water partition coefficient (Wildman–Crippen LogP) is 3.47. The summed E-state index contributed by atoms with van der Waals surface area (Å²) in [7, 11) is 0. The number of hydrogen-bond donors (Lipinski definition) is 1. The molecule has 30 heavy (non-hydrogen) atoms. The summed E-state index contributed by atoms with van der Waals surface area (Å²) in [6.07, 6.45) is 0.700. The summed E-state index contributed by atoms with van der Waals surface area (Å²) in [4.78, 5) is 21.7. The number of cyclic esters (lactones) is 1. The van der Waals surface area contributed by atoms with Crippen LogP contribution in [-0.2, 0) is 4.74 Å². The third kappa shape index (κ3) is 3.07. The number of rotatable bonds is 5. The molecule has 0 radical (unpaired) electrons. The summed E-state index contributed by atoms with van der Waals surface area (Å²) in [5, 5.41) is 5.06. The van der Waals surface area contributed by atoms with Crippen LogP contribution in [0.3, 0.4) is 0 Å². The molecule has 11 heteroatoms. The van der Waals surface area contributed by atoms with E-state index >= 15 is 4.39 Å². The highest BCUT2D eigenvalue weighted by atomic mass is 35.5. The summed E-state index contributed by atoms with van der Waals surface area (Å²) in [6, 6.07) is 1.01. The van der Waals surface area contributed by atoms with Crippen molar-refractivity contribution in [3.05, 3.63) is 34.5 Å². The summed E-state index contributed by atoms with van der Waals surface area (Å²) in [6.45, 7) is 6.03. The van der Waals surface area contributed by atoms with E-state index in [1.165, 1.54) is 17.3 Å². The van der Waals surface area contributed by atoms with E-state index < -0.39 is 18.0 Å². The molecule has 4 rings (SSSR count). The molecule has 0 spiro atoms. The Morgan fingerprint density at radius 2 is 2.20 bits per heavy atom. The third-order valence-electron chi connectivity index (χ3n) is 5.01. The first-order chi connectivity index (χ1) is 14.3. The van der Waals surface area contributed by atoms with Gasteiger partial charge in [-0.05, 0) is 26.8 Å². The van der Waals surface area contributed by atoms with Crippen LogP contribution in [0.25, 0.3) is 11.0 Å². The summed E-state index contributed by atoms with van der Waals surface area (Å²) in [5.41, 5.74) is 7.67. The fourth-order valence-electron chi connectivity index (χ4n) is 3.63. The first kappa shape index (κ1) is 20.1. The number of nitrogen functional groups attached to an aromatic ring is 1. The topological polar surface area (TPSA) is 108 Å². The molecule has 3 aromatic rings. The van der Waals surface area contributed by atoms with E-state index in [9.17, 15) is 4.79 Å². The standard InChI is InChI=1S/C19H20ClFN6O3/c1-4-29-16-11(7-12(20)14(21)15(16)26-5-6-30-19(26)28)10(3)27-18-13(9(2)25-27)17(22)23-8-24-18/h7-8,10H,4-6H2,1-3H3,(H2,22,23,24). The van der Waals surface area contributed by atoms with Gasteiger partial charge in [0.2, 0.25) is 0 Å². The fraction of sp³-hybridized carbons (Fsp3) is 0.368. The summed E-state index contributed by atoms with van der Waals surface area (Å²) >= 11 is 6.21. The van der Waals surface area contributed by atoms with Crippen molar-refractivity contribution in [3.63, 3.8) is 0 Å². The Kier molecular flexibility index (Phi) is 5.10. The van der Waals surface area contributed by atoms with Gasteiger partial charge in [0.1, 0.15) is 24.4 Å². The highest BCUT2D eigenvalue weighted by molar-refractivity contribution is 6.31. The van der Waals surface area contributed by atoms with Crippen LogP contribution in [0.5, 0.6) is 5.75 Å². The van der Waals surface area contributed by atoms with Crippen molar-refractivity contribution >= 4 is 40.2 Å². The first-order valence-electron chi connectivity index (χ1n) is 9.39. The second-order valence-electron chi connectivity index (χ2n) is 6.80. The fourth-order valence-corrected chi connectivity index (χ4v) is 3.84. The van der Waals surface area contributed by atoms with Gasteiger partial charge in [-0.3, -0.25) is 4.90 Å². The highest BCUT2D eigenvalue weighted by Crippen LogP contribution is 2.43. The highest BCUT2D eigenvalue weighted by Gasteiger charge is 2.34. The third-order valence-corrected chi connectivity index (χ3v) is 5.28. The lowest BCUT2D eigenvalue weighted by Gasteiger charge is -2.24. The monoisotopic (exact) mass is 434 g/mol. The van der Waals surface area contributed by atoms with Crippen LogP contribution in [-0.4, -0.2) is 45.6 Å². The van der Waals surface area contributed by atoms with Gasteiger partial charge in [0.25, 0.3) is 0 Å². The van der Waals surface area contributed by atoms with Gasteiger partial charge in [-0.15, -0.1) is 0 Å². The Balaban J connectivity index is 1.94. The number of carbonyl (C=O) groups excluding carboxylic acids is 1. The van der Waals surface area contributed by atoms with Crippen LogP contribution in [0.2, 0.25) is 5.02 Å². The number of anilines is 2. The van der Waals surface area contributed by atoms with Crippen LogP contribution in [0, 0.1) is 12.7 Å². The second kappa shape index (κ2) is 7.60. The van der Waals surface area contributed by atoms with Crippen LogP contribution in [0.4, 0.5) is 20.7 Å². The number of nitrogens with two attached hydrogens (primary N) is 1. The molecular formula is C19H20ClFN6O3. The maximum Gasteiger partial charge on any atom is 0.414 e. The Hall–Kier alpha value is -3.14. The minimum absolute atomic E-state index is 0.0453. The summed E-state index contributed by atoms with van der Waals surface area (Å²) < 4.78 is 27.5. The molecule has 1 atom stereocenters. The average molecular weight is 435 g/mol. The zero-order valence-corrected chi connectivity index (χ0v) is 17.4. The SMILES string of the molecule is CCOc1c(C(C)n2nc(C)c3c(N)ncnc32)cc(Cl)c(F)c1N1CCOC1=O. The van der Waals surface area contributed by atoms with Gasteiger partial charge in [0.05, 0.1) is 35.3 Å². The van der Waals surface area contributed by atoms with E-state index in [0.717, 1.165) is 0 Å². The van der Waals surface area contributed by atoms with Gasteiger partial charge in [-0.2, -0.15) is 5.10 Å². The van der Waals surface area contributed by atoms with Crippen LogP contribution < -0.4 is 15.4 Å². The van der Waals surface area contributed by atoms with E-state index in [4.69, 9.17) is 26.8 Å². The number of benzene rings is 1. The lowest BCUT2D eigenvalue weighted by molar-refractivity contribution is 0.180. The van der Waals surface area contributed by atoms with E-state index in [-0.39, 0.29) is 36.2 Å². The molecule has 9 nitrogen and oxygen atoms in total. The number of fused-ring (bicyclic) bond motifs is 1. The Morgan fingerprint density at radius 1 is 1.43 bits per heavy atom. The van der Waals surface area contributed by atoms with E-state index in [0.29, 0.717) is 28.1 Å². The smallest absolute Gasteiger partial charge is 0.414 e. The Morgan fingerprint density at radius 3 is 2.87 bits per heavy atom. The molecule has 0 bridgehead atoms. The Labute approximate surface area is 176 Å². The van der Waals surface area contributed by atoms with Crippen LogP contribution in [0.15, 0.2) is 12.4 Å². The molecule has 1 fully saturated rings. The molecule has 0 aliphatic carbocycles. The van der Waals surface area contributed by atoms with Crippen molar-refractivity contribution in [1.82, 2.24) is 19.7 Å². The molecule has 2 N–H and O–H groups in total. The quantitative estimate of drug-likeness (QED) is 0.654. The molecule has 0 saturated carbocycles. The zero-order chi connectivity index (χ0) is 21.6. The maximum atomic E-state index is 15.0. The minimum atomic E-state index is -0.747. The normalized spacial score (nSPS) is 15.0. The lowest BCUT2D eigenvalue weighted by atomic mass is 10.0. The van der Waals surface area contributed by atoms with Crippen molar-refractivity contribution in [1.29, 1.82) is 0 Å². The van der Waals surface area contributed by atoms with E-state index in [1.807, 2.05) is 6.92 Å². The van der Waals surface area contributed by atoms with Crippen molar-refractivity contribution in [2.75, 3.05) is 30.4 Å². The zero-order valence-electron chi connectivity index (χ0n) is 16.6. The number of ether oxygens (including phenoxy) is 2. The number of hydrogen-bond acceptors (Lipinski definition) is 7. The maximum absolute atomic E-state index is 15.0. The molecule has 1 aliphatic heterocycles. The number of aryl methyl sites for hydroxylation is 1. The van der Waals surface area contributed by atoms with E-state index in [1.54, 1.807) is 18.5 Å². The number of carbonyl (C=O) groups is 1.